The van der Waals surface area contributed by atoms with Crippen LogP contribution >= 0.6 is 0 Å². The third-order valence-electron chi connectivity index (χ3n) is 4.15. The number of alkyl halides is 3. The molecule has 1 aliphatic carbocycles. The summed E-state index contributed by atoms with van der Waals surface area (Å²) in [5.74, 6) is 1.08. The molecule has 4 heteroatoms. The van der Waals surface area contributed by atoms with Gasteiger partial charge < -0.3 is 5.32 Å². The molecule has 1 aromatic carbocycles. The Morgan fingerprint density at radius 2 is 2.06 bits per heavy atom. The fraction of sp³-hybridized carbons (Fsp3) is 0.571. The number of piperidine rings is 1. The molecule has 1 aromatic rings. The van der Waals surface area contributed by atoms with Crippen LogP contribution in [0.15, 0.2) is 18.2 Å². The average Bonchev–Trinajstić information content (AvgIpc) is 2.63. The molecule has 1 saturated heterocycles. The van der Waals surface area contributed by atoms with Crippen LogP contribution in [0.1, 0.15) is 36.1 Å². The summed E-state index contributed by atoms with van der Waals surface area (Å²) in [5.41, 5.74) is 1.43. The zero-order chi connectivity index (χ0) is 12.9. The van der Waals surface area contributed by atoms with E-state index in [-0.39, 0.29) is 6.04 Å². The van der Waals surface area contributed by atoms with E-state index in [4.69, 9.17) is 0 Å². The molecule has 0 radical (unpaired) electrons. The fourth-order valence-corrected chi connectivity index (χ4v) is 3.34. The monoisotopic (exact) mass is 255 g/mol. The fourth-order valence-electron chi connectivity index (χ4n) is 3.34. The summed E-state index contributed by atoms with van der Waals surface area (Å²) in [6.45, 7) is 3.15. The van der Waals surface area contributed by atoms with Crippen molar-refractivity contribution in [3.05, 3.63) is 34.9 Å². The number of rotatable bonds is 0. The minimum atomic E-state index is -4.23. The van der Waals surface area contributed by atoms with Crippen LogP contribution in [0, 0.1) is 11.8 Å². The van der Waals surface area contributed by atoms with Gasteiger partial charge in [0.25, 0.3) is 0 Å². The van der Waals surface area contributed by atoms with E-state index in [0.29, 0.717) is 11.8 Å². The molecule has 3 rings (SSSR count). The van der Waals surface area contributed by atoms with Crippen LogP contribution in [0.25, 0.3) is 0 Å². The molecule has 18 heavy (non-hydrogen) atoms. The zero-order valence-electron chi connectivity index (χ0n) is 10.2. The smallest absolute Gasteiger partial charge is 0.309 e. The predicted octanol–water partition coefficient (Wildman–Crippen LogP) is 3.55. The maximum absolute atomic E-state index is 12.7. The van der Waals surface area contributed by atoms with Crippen LogP contribution in [-0.2, 0) is 12.6 Å². The molecule has 0 bridgehead atoms. The summed E-state index contributed by atoms with van der Waals surface area (Å²) in [6, 6.07) is 4.46. The van der Waals surface area contributed by atoms with Crippen LogP contribution in [-0.4, -0.2) is 6.54 Å². The van der Waals surface area contributed by atoms with Gasteiger partial charge in [-0.25, -0.2) is 0 Å². The van der Waals surface area contributed by atoms with E-state index < -0.39 is 11.7 Å². The van der Waals surface area contributed by atoms with Gasteiger partial charge in [0.1, 0.15) is 0 Å². The Bertz CT molecular complexity index is 467. The van der Waals surface area contributed by atoms with Crippen molar-refractivity contribution in [3.63, 3.8) is 0 Å². The number of benzene rings is 1. The highest BCUT2D eigenvalue weighted by atomic mass is 19.4. The van der Waals surface area contributed by atoms with E-state index in [1.807, 2.05) is 0 Å². The molecule has 0 saturated carbocycles. The van der Waals surface area contributed by atoms with Crippen LogP contribution in [0.4, 0.5) is 13.2 Å². The highest BCUT2D eigenvalue weighted by molar-refractivity contribution is 5.40. The first-order valence-electron chi connectivity index (χ1n) is 6.38. The molecular formula is C14H16F3N. The van der Waals surface area contributed by atoms with Crippen molar-refractivity contribution in [2.24, 2.45) is 11.8 Å². The normalized spacial score (nSPS) is 31.0. The average molecular weight is 255 g/mol. The summed E-state index contributed by atoms with van der Waals surface area (Å²) < 4.78 is 38.0. The third-order valence-corrected chi connectivity index (χ3v) is 4.15. The Labute approximate surface area is 104 Å². The summed E-state index contributed by atoms with van der Waals surface area (Å²) in [7, 11) is 0. The van der Waals surface area contributed by atoms with Gasteiger partial charge in [-0.3, -0.25) is 0 Å². The molecule has 0 amide bonds. The standard InChI is InChI=1S/C14H16F3N/c1-8-4-10-5-9-6-11(14(15,16)17)2-3-12(9)13(10)18-7-8/h2-3,6,8,10,13,18H,4-5,7H2,1H3/t8-,10-,13-/m1/s1. The second-order valence-corrected chi connectivity index (χ2v) is 5.60. The Balaban J connectivity index is 1.93. The van der Waals surface area contributed by atoms with E-state index in [1.165, 1.54) is 12.1 Å². The van der Waals surface area contributed by atoms with Crippen molar-refractivity contribution >= 4 is 0 Å². The summed E-state index contributed by atoms with van der Waals surface area (Å²) >= 11 is 0. The van der Waals surface area contributed by atoms with Crippen molar-refractivity contribution in [3.8, 4) is 0 Å². The van der Waals surface area contributed by atoms with Gasteiger partial charge in [-0.05, 0) is 54.5 Å². The first-order valence-corrected chi connectivity index (χ1v) is 6.38. The second-order valence-electron chi connectivity index (χ2n) is 5.60. The van der Waals surface area contributed by atoms with Crippen LogP contribution < -0.4 is 5.32 Å². The Kier molecular flexibility index (Phi) is 2.66. The van der Waals surface area contributed by atoms with Crippen LogP contribution in [0.2, 0.25) is 0 Å². The lowest BCUT2D eigenvalue weighted by atomic mass is 9.86. The first kappa shape index (κ1) is 12.0. The molecule has 2 aliphatic rings. The van der Waals surface area contributed by atoms with Gasteiger partial charge in [0.2, 0.25) is 0 Å². The van der Waals surface area contributed by atoms with Gasteiger partial charge in [-0.2, -0.15) is 13.2 Å². The maximum atomic E-state index is 12.7. The molecule has 1 fully saturated rings. The van der Waals surface area contributed by atoms with Crippen molar-refractivity contribution in [2.45, 2.75) is 32.0 Å². The largest absolute Gasteiger partial charge is 0.416 e. The lowest BCUT2D eigenvalue weighted by Crippen LogP contribution is -2.36. The van der Waals surface area contributed by atoms with E-state index in [0.717, 1.165) is 30.5 Å². The molecule has 1 N–H and O–H groups in total. The van der Waals surface area contributed by atoms with Crippen molar-refractivity contribution in [2.75, 3.05) is 6.54 Å². The highest BCUT2D eigenvalue weighted by Crippen LogP contribution is 2.43. The van der Waals surface area contributed by atoms with Gasteiger partial charge in [-0.15, -0.1) is 0 Å². The van der Waals surface area contributed by atoms with Gasteiger partial charge in [0, 0.05) is 6.04 Å². The molecule has 0 spiro atoms. The highest BCUT2D eigenvalue weighted by Gasteiger charge is 2.38. The molecule has 1 aliphatic heterocycles. The molecule has 98 valence electrons. The lowest BCUT2D eigenvalue weighted by molar-refractivity contribution is -0.137. The van der Waals surface area contributed by atoms with Gasteiger partial charge >= 0.3 is 6.18 Å². The van der Waals surface area contributed by atoms with Crippen molar-refractivity contribution in [1.29, 1.82) is 0 Å². The second kappa shape index (κ2) is 3.98. The topological polar surface area (TPSA) is 12.0 Å². The Hall–Kier alpha value is -1.03. The summed E-state index contributed by atoms with van der Waals surface area (Å²) in [4.78, 5) is 0. The third kappa shape index (κ3) is 1.92. The molecule has 1 heterocycles. The van der Waals surface area contributed by atoms with Gasteiger partial charge in [0.15, 0.2) is 0 Å². The van der Waals surface area contributed by atoms with Crippen LogP contribution in [0.3, 0.4) is 0 Å². The molecular weight excluding hydrogens is 239 g/mol. The number of halogens is 3. The number of hydrogen-bond donors (Lipinski definition) is 1. The van der Waals surface area contributed by atoms with Gasteiger partial charge in [-0.1, -0.05) is 13.0 Å². The molecule has 0 aromatic heterocycles. The first-order chi connectivity index (χ1) is 8.45. The van der Waals surface area contributed by atoms with Gasteiger partial charge in [0.05, 0.1) is 5.56 Å². The number of fused-ring (bicyclic) bond motifs is 3. The number of hydrogen-bond acceptors (Lipinski definition) is 1. The molecule has 3 atom stereocenters. The zero-order valence-corrected chi connectivity index (χ0v) is 10.2. The Morgan fingerprint density at radius 1 is 1.28 bits per heavy atom. The van der Waals surface area contributed by atoms with Crippen molar-refractivity contribution < 1.29 is 13.2 Å². The van der Waals surface area contributed by atoms with Crippen LogP contribution in [0.5, 0.6) is 0 Å². The Morgan fingerprint density at radius 3 is 2.78 bits per heavy atom. The minimum absolute atomic E-state index is 0.262. The summed E-state index contributed by atoms with van der Waals surface area (Å²) in [6.07, 6.45) is -2.35. The summed E-state index contributed by atoms with van der Waals surface area (Å²) in [5, 5.41) is 3.46. The molecule has 1 nitrogen and oxygen atoms in total. The number of nitrogens with one attached hydrogen (secondary N) is 1. The van der Waals surface area contributed by atoms with Crippen molar-refractivity contribution in [1.82, 2.24) is 5.32 Å². The lowest BCUT2D eigenvalue weighted by Gasteiger charge is -2.31. The SMILES string of the molecule is C[C@H]1CN[C@H]2c3ccc(C(F)(F)F)cc3C[C@H]2C1. The van der Waals surface area contributed by atoms with E-state index in [2.05, 4.69) is 12.2 Å². The quantitative estimate of drug-likeness (QED) is 0.747. The maximum Gasteiger partial charge on any atom is 0.416 e. The minimum Gasteiger partial charge on any atom is -0.309 e. The van der Waals surface area contributed by atoms with E-state index in [9.17, 15) is 13.2 Å². The molecule has 0 unspecified atom stereocenters. The predicted molar refractivity (Wildman–Crippen MR) is 63.2 cm³/mol. The van der Waals surface area contributed by atoms with E-state index in [1.54, 1.807) is 6.07 Å². The van der Waals surface area contributed by atoms with E-state index >= 15 is 0 Å².